The molecule has 7 heteroatoms. The maximum Gasteiger partial charge on any atom is 0.352 e. The van der Waals surface area contributed by atoms with E-state index in [0.717, 1.165) is 0 Å². The minimum Gasteiger partial charge on any atom is -0.481 e. The van der Waals surface area contributed by atoms with Crippen molar-refractivity contribution in [1.29, 1.82) is 0 Å². The molecule has 0 aliphatic rings. The van der Waals surface area contributed by atoms with Crippen molar-refractivity contribution in [2.75, 3.05) is 20.8 Å². The van der Waals surface area contributed by atoms with E-state index in [-0.39, 0.29) is 24.2 Å². The molecule has 0 aliphatic heterocycles. The van der Waals surface area contributed by atoms with Gasteiger partial charge in [0.2, 0.25) is 11.8 Å². The summed E-state index contributed by atoms with van der Waals surface area (Å²) in [5.74, 6) is -1.84. The molecule has 1 rings (SSSR count). The van der Waals surface area contributed by atoms with Crippen molar-refractivity contribution in [3.63, 3.8) is 0 Å². The number of nitrogens with zero attached hydrogens (tertiary/aromatic N) is 2. The number of carbonyl (C=O) groups excluding carboxylic acids is 1. The number of hydrogen-bond donors (Lipinski definition) is 0. The molecule has 112 valence electrons. The predicted octanol–water partition coefficient (Wildman–Crippen LogP) is 1.88. The molecule has 0 N–H and O–H groups in total. The van der Waals surface area contributed by atoms with Crippen LogP contribution in [0, 0.1) is 5.92 Å². The average molecular weight is 286 g/mol. The zero-order valence-electron chi connectivity index (χ0n) is 12.3. The van der Waals surface area contributed by atoms with Gasteiger partial charge < -0.3 is 14.2 Å². The Kier molecular flexibility index (Phi) is 5.24. The van der Waals surface area contributed by atoms with Crippen LogP contribution in [0.15, 0.2) is 6.07 Å². The molecule has 0 spiro atoms. The lowest BCUT2D eigenvalue weighted by Crippen LogP contribution is -2.40. The Balaban J connectivity index is 3.37. The second kappa shape index (κ2) is 6.49. The molecule has 0 aromatic carbocycles. The van der Waals surface area contributed by atoms with E-state index in [4.69, 9.17) is 14.2 Å². The van der Waals surface area contributed by atoms with E-state index in [1.807, 2.05) is 0 Å². The number of methoxy groups -OCH3 is 2. The Morgan fingerprint density at radius 3 is 2.15 bits per heavy atom. The fourth-order valence-electron chi connectivity index (χ4n) is 1.60. The lowest BCUT2D eigenvalue weighted by Gasteiger charge is -2.25. The summed E-state index contributed by atoms with van der Waals surface area (Å²) in [6.07, 6.45) is 0. The summed E-state index contributed by atoms with van der Waals surface area (Å²) in [5, 5.41) is 0. The SMILES string of the molecule is CCOC(=O)C(F)(c1nc(OC)cc(OC)n1)C(C)C. The summed E-state index contributed by atoms with van der Waals surface area (Å²) in [6, 6.07) is 1.40. The molecule has 0 saturated heterocycles. The number of rotatable bonds is 6. The van der Waals surface area contributed by atoms with Crippen molar-refractivity contribution in [2.45, 2.75) is 26.4 Å². The highest BCUT2D eigenvalue weighted by Crippen LogP contribution is 2.35. The van der Waals surface area contributed by atoms with Crippen LogP contribution in [-0.2, 0) is 15.2 Å². The Bertz CT molecular complexity index is 459. The van der Waals surface area contributed by atoms with Gasteiger partial charge in [-0.25, -0.2) is 9.18 Å². The largest absolute Gasteiger partial charge is 0.481 e. The molecule has 0 saturated carbocycles. The molecule has 6 nitrogen and oxygen atoms in total. The first kappa shape index (κ1) is 16.1. The summed E-state index contributed by atoms with van der Waals surface area (Å²) >= 11 is 0. The first-order chi connectivity index (χ1) is 9.39. The van der Waals surface area contributed by atoms with Crippen LogP contribution >= 0.6 is 0 Å². The summed E-state index contributed by atoms with van der Waals surface area (Å²) < 4.78 is 29.9. The van der Waals surface area contributed by atoms with Crippen LogP contribution < -0.4 is 9.47 Å². The van der Waals surface area contributed by atoms with Gasteiger partial charge in [0.1, 0.15) is 0 Å². The fraction of sp³-hybridized carbons (Fsp3) is 0.615. The van der Waals surface area contributed by atoms with Crippen LogP contribution in [0.4, 0.5) is 4.39 Å². The van der Waals surface area contributed by atoms with Crippen molar-refractivity contribution in [1.82, 2.24) is 9.97 Å². The number of alkyl halides is 1. The van der Waals surface area contributed by atoms with Gasteiger partial charge in [-0.15, -0.1) is 0 Å². The molecule has 0 radical (unpaired) electrons. The monoisotopic (exact) mass is 286 g/mol. The molecule has 1 heterocycles. The molecular formula is C13H19FN2O4. The van der Waals surface area contributed by atoms with Crippen molar-refractivity contribution >= 4 is 5.97 Å². The van der Waals surface area contributed by atoms with Crippen LogP contribution in [0.5, 0.6) is 11.8 Å². The molecule has 1 aromatic heterocycles. The lowest BCUT2D eigenvalue weighted by atomic mass is 9.91. The van der Waals surface area contributed by atoms with Crippen molar-refractivity contribution in [2.24, 2.45) is 5.92 Å². The Labute approximate surface area is 117 Å². The summed E-state index contributed by atoms with van der Waals surface area (Å²) in [6.45, 7) is 4.77. The molecule has 1 atom stereocenters. The van der Waals surface area contributed by atoms with Crippen LogP contribution in [0.1, 0.15) is 26.6 Å². The molecule has 0 fully saturated rings. The van der Waals surface area contributed by atoms with E-state index in [9.17, 15) is 4.79 Å². The maximum atomic E-state index is 15.1. The average Bonchev–Trinajstić information content (AvgIpc) is 2.45. The second-order valence-corrected chi connectivity index (χ2v) is 4.36. The third-order valence-corrected chi connectivity index (χ3v) is 2.79. The lowest BCUT2D eigenvalue weighted by molar-refractivity contribution is -0.162. The van der Waals surface area contributed by atoms with Gasteiger partial charge in [-0.1, -0.05) is 13.8 Å². The topological polar surface area (TPSA) is 70.5 Å². The highest BCUT2D eigenvalue weighted by molar-refractivity contribution is 5.80. The van der Waals surface area contributed by atoms with E-state index in [0.29, 0.717) is 0 Å². The van der Waals surface area contributed by atoms with E-state index in [1.165, 1.54) is 20.3 Å². The van der Waals surface area contributed by atoms with Crippen LogP contribution in [0.3, 0.4) is 0 Å². The predicted molar refractivity (Wildman–Crippen MR) is 69.4 cm³/mol. The minimum atomic E-state index is -2.46. The Morgan fingerprint density at radius 1 is 1.30 bits per heavy atom. The highest BCUT2D eigenvalue weighted by Gasteiger charge is 2.49. The van der Waals surface area contributed by atoms with E-state index in [1.54, 1.807) is 20.8 Å². The Hall–Kier alpha value is -1.92. The fourth-order valence-corrected chi connectivity index (χ4v) is 1.60. The first-order valence-corrected chi connectivity index (χ1v) is 6.23. The van der Waals surface area contributed by atoms with Gasteiger partial charge in [0, 0.05) is 5.92 Å². The normalized spacial score (nSPS) is 13.8. The highest BCUT2D eigenvalue weighted by atomic mass is 19.1. The zero-order valence-corrected chi connectivity index (χ0v) is 12.3. The van der Waals surface area contributed by atoms with Gasteiger partial charge in [-0.3, -0.25) is 0 Å². The third kappa shape index (κ3) is 2.97. The van der Waals surface area contributed by atoms with Gasteiger partial charge >= 0.3 is 5.97 Å². The first-order valence-electron chi connectivity index (χ1n) is 6.23. The third-order valence-electron chi connectivity index (χ3n) is 2.79. The minimum absolute atomic E-state index is 0.0678. The standard InChI is InChI=1S/C13H19FN2O4/c1-6-20-12(17)13(14,8(2)3)11-15-9(18-4)7-10(16-11)19-5/h7-8H,6H2,1-5H3. The quantitative estimate of drug-likeness (QED) is 0.744. The molecule has 1 unspecified atom stereocenters. The number of esters is 1. The van der Waals surface area contributed by atoms with Gasteiger partial charge in [0.15, 0.2) is 5.82 Å². The van der Waals surface area contributed by atoms with E-state index in [2.05, 4.69) is 9.97 Å². The molecular weight excluding hydrogens is 267 g/mol. The molecule has 20 heavy (non-hydrogen) atoms. The number of hydrogen-bond acceptors (Lipinski definition) is 6. The summed E-state index contributed by atoms with van der Waals surface area (Å²) in [4.78, 5) is 19.8. The maximum absolute atomic E-state index is 15.1. The van der Waals surface area contributed by atoms with Gasteiger partial charge in [0.05, 0.1) is 26.9 Å². The molecule has 0 bridgehead atoms. The van der Waals surface area contributed by atoms with Crippen molar-refractivity contribution in [3.05, 3.63) is 11.9 Å². The van der Waals surface area contributed by atoms with E-state index >= 15 is 4.39 Å². The van der Waals surface area contributed by atoms with Crippen molar-refractivity contribution < 1.29 is 23.4 Å². The Morgan fingerprint density at radius 2 is 1.80 bits per heavy atom. The van der Waals surface area contributed by atoms with Crippen LogP contribution in [0.2, 0.25) is 0 Å². The number of aromatic nitrogens is 2. The number of halogens is 1. The molecule has 1 aromatic rings. The summed E-state index contributed by atoms with van der Waals surface area (Å²) in [7, 11) is 2.76. The second-order valence-electron chi connectivity index (χ2n) is 4.36. The summed E-state index contributed by atoms with van der Waals surface area (Å²) in [5.41, 5.74) is -2.46. The van der Waals surface area contributed by atoms with Crippen molar-refractivity contribution in [3.8, 4) is 11.8 Å². The molecule has 0 amide bonds. The smallest absolute Gasteiger partial charge is 0.352 e. The zero-order chi connectivity index (χ0) is 15.3. The van der Waals surface area contributed by atoms with Gasteiger partial charge in [-0.2, -0.15) is 9.97 Å². The van der Waals surface area contributed by atoms with E-state index < -0.39 is 17.6 Å². The van der Waals surface area contributed by atoms with Gasteiger partial charge in [0.25, 0.3) is 5.67 Å². The van der Waals surface area contributed by atoms with Gasteiger partial charge in [-0.05, 0) is 6.92 Å². The van der Waals surface area contributed by atoms with Crippen LogP contribution in [0.25, 0.3) is 0 Å². The number of carbonyl (C=O) groups is 1. The molecule has 0 aliphatic carbocycles. The van der Waals surface area contributed by atoms with Crippen LogP contribution in [-0.4, -0.2) is 36.8 Å². The number of ether oxygens (including phenoxy) is 3.